The maximum atomic E-state index is 12.5. The van der Waals surface area contributed by atoms with Gasteiger partial charge in [0.15, 0.2) is 6.10 Å². The molecule has 0 aliphatic carbocycles. The van der Waals surface area contributed by atoms with Gasteiger partial charge in [-0.25, -0.2) is 0 Å². The smallest absolute Gasteiger partial charge is 0.316 e. The number of Topliss-reactive ketones (excluding diaryl/α,β-unsaturated/α-hetero) is 1. The Bertz CT molecular complexity index is 1050. The molecule has 1 atom stereocenters. The number of ether oxygens (including phenoxy) is 1. The Morgan fingerprint density at radius 2 is 1.66 bits per heavy atom. The Balaban J connectivity index is 1.53. The van der Waals surface area contributed by atoms with E-state index in [9.17, 15) is 14.4 Å². The van der Waals surface area contributed by atoms with Crippen LogP contribution in [-0.2, 0) is 14.3 Å². The average molecular weight is 407 g/mol. The minimum absolute atomic E-state index is 0.122. The van der Waals surface area contributed by atoms with Crippen molar-refractivity contribution < 1.29 is 19.1 Å². The van der Waals surface area contributed by atoms with Gasteiger partial charge in [0.25, 0.3) is 0 Å². The van der Waals surface area contributed by atoms with Crippen molar-refractivity contribution in [3.05, 3.63) is 72.3 Å². The third kappa shape index (κ3) is 5.68. The van der Waals surface area contributed by atoms with Crippen LogP contribution in [0.1, 0.15) is 24.2 Å². The molecule has 0 heterocycles. The molecule has 1 N–H and O–H groups in total. The summed E-state index contributed by atoms with van der Waals surface area (Å²) in [5.41, 5.74) is 1.02. The van der Waals surface area contributed by atoms with E-state index in [-0.39, 0.29) is 17.4 Å². The molecular weight excluding hydrogens is 386 g/mol. The number of benzene rings is 3. The van der Waals surface area contributed by atoms with Crippen molar-refractivity contribution in [2.45, 2.75) is 24.8 Å². The molecule has 0 aliphatic rings. The number of hydrogen-bond donors (Lipinski definition) is 1. The van der Waals surface area contributed by atoms with Crippen LogP contribution in [0.15, 0.2) is 71.6 Å². The third-order valence-corrected chi connectivity index (χ3v) is 5.21. The number of carbonyl (C=O) groups is 3. The second-order valence-corrected chi connectivity index (χ2v) is 7.60. The predicted molar refractivity (Wildman–Crippen MR) is 115 cm³/mol. The minimum atomic E-state index is -0.883. The van der Waals surface area contributed by atoms with E-state index < -0.39 is 12.1 Å². The number of nitrogens with one attached hydrogen (secondary N) is 1. The molecule has 0 bridgehead atoms. The predicted octanol–water partition coefficient (Wildman–Crippen LogP) is 4.70. The molecule has 6 heteroatoms. The minimum Gasteiger partial charge on any atom is -0.454 e. The summed E-state index contributed by atoms with van der Waals surface area (Å²) >= 11 is 1.37. The SMILES string of the molecule is CC(=O)Nc1ccc(C(=O)[C@H](C)OC(=O)CSc2ccc3ccccc3c2)cc1. The maximum Gasteiger partial charge on any atom is 0.316 e. The van der Waals surface area contributed by atoms with Crippen molar-refractivity contribution in [3.8, 4) is 0 Å². The van der Waals surface area contributed by atoms with Gasteiger partial charge in [-0.15, -0.1) is 11.8 Å². The first kappa shape index (κ1) is 20.6. The molecule has 3 rings (SSSR count). The van der Waals surface area contributed by atoms with Gasteiger partial charge in [0.2, 0.25) is 11.7 Å². The molecule has 3 aromatic carbocycles. The number of thioether (sulfide) groups is 1. The monoisotopic (exact) mass is 407 g/mol. The first-order valence-electron chi connectivity index (χ1n) is 9.15. The van der Waals surface area contributed by atoms with Crippen molar-refractivity contribution in [3.63, 3.8) is 0 Å². The molecule has 5 nitrogen and oxygen atoms in total. The van der Waals surface area contributed by atoms with Crippen molar-refractivity contribution in [1.82, 2.24) is 0 Å². The molecule has 1 amide bonds. The Morgan fingerprint density at radius 3 is 2.34 bits per heavy atom. The number of fused-ring (bicyclic) bond motifs is 1. The summed E-state index contributed by atoms with van der Waals surface area (Å²) in [6.07, 6.45) is -0.883. The average Bonchev–Trinajstić information content (AvgIpc) is 2.71. The fourth-order valence-electron chi connectivity index (χ4n) is 2.84. The molecule has 3 aromatic rings. The van der Waals surface area contributed by atoms with Gasteiger partial charge in [0.1, 0.15) is 0 Å². The van der Waals surface area contributed by atoms with E-state index in [1.165, 1.54) is 18.7 Å². The second-order valence-electron chi connectivity index (χ2n) is 6.55. The fraction of sp³-hybridized carbons (Fsp3) is 0.174. The number of esters is 1. The molecule has 148 valence electrons. The van der Waals surface area contributed by atoms with Crippen LogP contribution in [-0.4, -0.2) is 29.5 Å². The quantitative estimate of drug-likeness (QED) is 0.349. The lowest BCUT2D eigenvalue weighted by molar-refractivity contribution is -0.143. The Morgan fingerprint density at radius 1 is 0.966 bits per heavy atom. The highest BCUT2D eigenvalue weighted by atomic mass is 32.2. The summed E-state index contributed by atoms with van der Waals surface area (Å²) in [6, 6.07) is 20.5. The molecule has 0 saturated heterocycles. The lowest BCUT2D eigenvalue weighted by atomic mass is 10.1. The normalized spacial score (nSPS) is 11.7. The van der Waals surface area contributed by atoms with E-state index in [2.05, 4.69) is 5.32 Å². The summed E-state index contributed by atoms with van der Waals surface area (Å²) in [5, 5.41) is 4.89. The number of rotatable bonds is 7. The first-order chi connectivity index (χ1) is 13.9. The number of amides is 1. The number of ketones is 1. The second kappa shape index (κ2) is 9.39. The Hall–Kier alpha value is -3.12. The molecule has 0 unspecified atom stereocenters. The van der Waals surface area contributed by atoms with Crippen molar-refractivity contribution in [2.75, 3.05) is 11.1 Å². The first-order valence-corrected chi connectivity index (χ1v) is 10.1. The zero-order valence-electron chi connectivity index (χ0n) is 16.2. The van der Waals surface area contributed by atoms with E-state index in [0.717, 1.165) is 15.7 Å². The molecule has 0 aliphatic heterocycles. The van der Waals surface area contributed by atoms with E-state index in [1.54, 1.807) is 31.2 Å². The third-order valence-electron chi connectivity index (χ3n) is 4.24. The molecule has 0 radical (unpaired) electrons. The summed E-state index contributed by atoms with van der Waals surface area (Å²) in [4.78, 5) is 36.6. The van der Waals surface area contributed by atoms with Crippen LogP contribution < -0.4 is 5.32 Å². The van der Waals surface area contributed by atoms with Gasteiger partial charge in [0, 0.05) is 23.1 Å². The van der Waals surface area contributed by atoms with Crippen LogP contribution in [0.4, 0.5) is 5.69 Å². The molecule has 29 heavy (non-hydrogen) atoms. The summed E-state index contributed by atoms with van der Waals surface area (Å²) in [6.45, 7) is 2.97. The van der Waals surface area contributed by atoms with Gasteiger partial charge in [-0.2, -0.15) is 0 Å². The highest BCUT2D eigenvalue weighted by Gasteiger charge is 2.19. The van der Waals surface area contributed by atoms with Crippen molar-refractivity contribution in [1.29, 1.82) is 0 Å². The van der Waals surface area contributed by atoms with Gasteiger partial charge >= 0.3 is 5.97 Å². The zero-order chi connectivity index (χ0) is 20.8. The van der Waals surface area contributed by atoms with Crippen LogP contribution in [0.25, 0.3) is 10.8 Å². The maximum absolute atomic E-state index is 12.5. The fourth-order valence-corrected chi connectivity index (χ4v) is 3.57. The molecule has 0 saturated carbocycles. The van der Waals surface area contributed by atoms with E-state index >= 15 is 0 Å². The van der Waals surface area contributed by atoms with E-state index in [0.29, 0.717) is 11.3 Å². The topological polar surface area (TPSA) is 72.5 Å². The number of hydrogen-bond acceptors (Lipinski definition) is 5. The molecule has 0 fully saturated rings. The van der Waals surface area contributed by atoms with Gasteiger partial charge in [0.05, 0.1) is 5.75 Å². The highest BCUT2D eigenvalue weighted by Crippen LogP contribution is 2.24. The Kier molecular flexibility index (Phi) is 6.67. The molecular formula is C23H21NO4S. The van der Waals surface area contributed by atoms with Crippen molar-refractivity contribution in [2.24, 2.45) is 0 Å². The summed E-state index contributed by atoms with van der Waals surface area (Å²) < 4.78 is 5.29. The van der Waals surface area contributed by atoms with Crippen LogP contribution >= 0.6 is 11.8 Å². The Labute approximate surface area is 173 Å². The number of carbonyl (C=O) groups excluding carboxylic acids is 3. The van der Waals surface area contributed by atoms with Crippen LogP contribution in [0.2, 0.25) is 0 Å². The highest BCUT2D eigenvalue weighted by molar-refractivity contribution is 8.00. The summed E-state index contributed by atoms with van der Waals surface area (Å²) in [7, 11) is 0. The van der Waals surface area contributed by atoms with Crippen LogP contribution in [0, 0.1) is 0 Å². The van der Waals surface area contributed by atoms with Gasteiger partial charge in [-0.3, -0.25) is 14.4 Å². The molecule has 0 spiro atoms. The van der Waals surface area contributed by atoms with Gasteiger partial charge in [-0.05, 0) is 54.1 Å². The zero-order valence-corrected chi connectivity index (χ0v) is 17.0. The van der Waals surface area contributed by atoms with Crippen LogP contribution in [0.5, 0.6) is 0 Å². The summed E-state index contributed by atoms with van der Waals surface area (Å²) in [5.74, 6) is -0.796. The van der Waals surface area contributed by atoms with E-state index in [1.807, 2.05) is 42.5 Å². The molecule has 0 aromatic heterocycles. The van der Waals surface area contributed by atoms with Gasteiger partial charge < -0.3 is 10.1 Å². The largest absolute Gasteiger partial charge is 0.454 e. The standard InChI is InChI=1S/C23H21NO4S/c1-15(23(27)18-7-10-20(11-8-18)24-16(2)25)28-22(26)14-29-21-12-9-17-5-3-4-6-19(17)13-21/h3-13,15H,14H2,1-2H3,(H,24,25)/t15-/m0/s1. The van der Waals surface area contributed by atoms with Crippen LogP contribution in [0.3, 0.4) is 0 Å². The van der Waals surface area contributed by atoms with E-state index in [4.69, 9.17) is 4.74 Å². The lowest BCUT2D eigenvalue weighted by Gasteiger charge is -2.13. The van der Waals surface area contributed by atoms with Gasteiger partial charge in [-0.1, -0.05) is 30.3 Å². The van der Waals surface area contributed by atoms with Crippen molar-refractivity contribution >= 4 is 45.9 Å². The lowest BCUT2D eigenvalue weighted by Crippen LogP contribution is -2.25. The number of anilines is 1.